The van der Waals surface area contributed by atoms with Crippen LogP contribution in [0.2, 0.25) is 0 Å². The Kier molecular flexibility index (Phi) is 4.51. The predicted molar refractivity (Wildman–Crippen MR) is 55.6 cm³/mol. The van der Waals surface area contributed by atoms with Gasteiger partial charge in [-0.05, 0) is 6.42 Å². The standard InChI is InChI=1S/C9H18N4O2/c1-7(9(15)12-10)5-13-4-2-3-11-8(14)6-13/h7H,2-6,10H2,1H3,(H,11,14)(H,12,15). The Morgan fingerprint density at radius 3 is 3.13 bits per heavy atom. The smallest absolute Gasteiger partial charge is 0.237 e. The zero-order chi connectivity index (χ0) is 11.3. The van der Waals surface area contributed by atoms with Gasteiger partial charge in [0, 0.05) is 25.6 Å². The van der Waals surface area contributed by atoms with E-state index in [4.69, 9.17) is 5.84 Å². The zero-order valence-electron chi connectivity index (χ0n) is 8.95. The summed E-state index contributed by atoms with van der Waals surface area (Å²) in [6.45, 7) is 4.28. The molecule has 0 aliphatic carbocycles. The molecular weight excluding hydrogens is 196 g/mol. The number of rotatable bonds is 3. The van der Waals surface area contributed by atoms with Crippen molar-refractivity contribution < 1.29 is 9.59 Å². The summed E-state index contributed by atoms with van der Waals surface area (Å²) in [6.07, 6.45) is 0.919. The highest BCUT2D eigenvalue weighted by Gasteiger charge is 2.19. The maximum atomic E-state index is 11.2. The van der Waals surface area contributed by atoms with Gasteiger partial charge >= 0.3 is 0 Å². The van der Waals surface area contributed by atoms with E-state index in [0.29, 0.717) is 19.6 Å². The van der Waals surface area contributed by atoms with Gasteiger partial charge in [-0.2, -0.15) is 0 Å². The van der Waals surface area contributed by atoms with Gasteiger partial charge in [-0.3, -0.25) is 19.9 Å². The van der Waals surface area contributed by atoms with E-state index in [1.54, 1.807) is 6.92 Å². The van der Waals surface area contributed by atoms with Gasteiger partial charge in [0.15, 0.2) is 0 Å². The highest BCUT2D eigenvalue weighted by molar-refractivity contribution is 5.79. The lowest BCUT2D eigenvalue weighted by molar-refractivity contribution is -0.126. The number of hydrazine groups is 1. The van der Waals surface area contributed by atoms with Crippen molar-refractivity contribution in [1.82, 2.24) is 15.6 Å². The summed E-state index contributed by atoms with van der Waals surface area (Å²) < 4.78 is 0. The topological polar surface area (TPSA) is 87.5 Å². The summed E-state index contributed by atoms with van der Waals surface area (Å²) in [5.74, 6) is 4.67. The van der Waals surface area contributed by atoms with Crippen molar-refractivity contribution in [2.24, 2.45) is 11.8 Å². The Balaban J connectivity index is 2.42. The zero-order valence-corrected chi connectivity index (χ0v) is 8.95. The van der Waals surface area contributed by atoms with Gasteiger partial charge in [-0.1, -0.05) is 6.92 Å². The minimum Gasteiger partial charge on any atom is -0.355 e. The van der Waals surface area contributed by atoms with Crippen LogP contribution in [0, 0.1) is 5.92 Å². The average molecular weight is 214 g/mol. The maximum Gasteiger partial charge on any atom is 0.237 e. The van der Waals surface area contributed by atoms with Crippen LogP contribution < -0.4 is 16.6 Å². The number of carbonyl (C=O) groups is 2. The molecule has 1 unspecified atom stereocenters. The molecule has 6 heteroatoms. The van der Waals surface area contributed by atoms with E-state index in [2.05, 4.69) is 10.7 Å². The van der Waals surface area contributed by atoms with Gasteiger partial charge in [0.1, 0.15) is 0 Å². The largest absolute Gasteiger partial charge is 0.355 e. The molecule has 1 atom stereocenters. The van der Waals surface area contributed by atoms with Gasteiger partial charge in [-0.15, -0.1) is 0 Å². The molecule has 4 N–H and O–H groups in total. The highest BCUT2D eigenvalue weighted by Crippen LogP contribution is 2.02. The molecule has 86 valence electrons. The van der Waals surface area contributed by atoms with Crippen molar-refractivity contribution in [2.75, 3.05) is 26.2 Å². The predicted octanol–water partition coefficient (Wildman–Crippen LogP) is -1.57. The average Bonchev–Trinajstić information content (AvgIpc) is 2.41. The van der Waals surface area contributed by atoms with Gasteiger partial charge < -0.3 is 5.32 Å². The van der Waals surface area contributed by atoms with Gasteiger partial charge in [0.05, 0.1) is 6.54 Å². The van der Waals surface area contributed by atoms with Crippen LogP contribution in [0.1, 0.15) is 13.3 Å². The first-order chi connectivity index (χ1) is 7.13. The minimum atomic E-state index is -0.195. The summed E-state index contributed by atoms with van der Waals surface area (Å²) in [7, 11) is 0. The first-order valence-corrected chi connectivity index (χ1v) is 5.13. The molecule has 0 aromatic carbocycles. The van der Waals surface area contributed by atoms with E-state index in [1.165, 1.54) is 0 Å². The molecule has 2 amide bonds. The molecule has 1 rings (SSSR count). The fraction of sp³-hybridized carbons (Fsp3) is 0.778. The van der Waals surface area contributed by atoms with Crippen LogP contribution in [0.3, 0.4) is 0 Å². The first kappa shape index (κ1) is 11.9. The minimum absolute atomic E-state index is 0.0212. The number of hydrogen-bond donors (Lipinski definition) is 3. The number of hydrogen-bond acceptors (Lipinski definition) is 4. The number of nitrogens with one attached hydrogen (secondary N) is 2. The summed E-state index contributed by atoms with van der Waals surface area (Å²) >= 11 is 0. The molecule has 1 aliphatic heterocycles. The van der Waals surface area contributed by atoms with Crippen LogP contribution in [0.15, 0.2) is 0 Å². The lowest BCUT2D eigenvalue weighted by atomic mass is 10.1. The first-order valence-electron chi connectivity index (χ1n) is 5.13. The maximum absolute atomic E-state index is 11.2. The highest BCUT2D eigenvalue weighted by atomic mass is 16.2. The Hall–Kier alpha value is -1.14. The van der Waals surface area contributed by atoms with E-state index < -0.39 is 0 Å². The summed E-state index contributed by atoms with van der Waals surface area (Å²) in [5, 5.41) is 2.79. The Morgan fingerprint density at radius 2 is 2.47 bits per heavy atom. The second-order valence-corrected chi connectivity index (χ2v) is 3.85. The van der Waals surface area contributed by atoms with E-state index in [-0.39, 0.29) is 17.7 Å². The lowest BCUT2D eigenvalue weighted by Gasteiger charge is -2.21. The normalized spacial score (nSPS) is 20.3. The molecule has 0 aromatic rings. The van der Waals surface area contributed by atoms with Crippen LogP contribution >= 0.6 is 0 Å². The molecule has 6 nitrogen and oxygen atoms in total. The molecule has 1 fully saturated rings. The molecule has 0 saturated carbocycles. The molecule has 0 bridgehead atoms. The van der Waals surface area contributed by atoms with Crippen molar-refractivity contribution in [1.29, 1.82) is 0 Å². The van der Waals surface area contributed by atoms with Crippen LogP contribution in [-0.4, -0.2) is 42.9 Å². The summed E-state index contributed by atoms with van der Waals surface area (Å²) in [5.41, 5.74) is 2.11. The van der Waals surface area contributed by atoms with Gasteiger partial charge in [0.25, 0.3) is 0 Å². The number of nitrogens with zero attached hydrogens (tertiary/aromatic N) is 1. The third-order valence-electron chi connectivity index (χ3n) is 2.46. The van der Waals surface area contributed by atoms with E-state index in [0.717, 1.165) is 13.0 Å². The Labute approximate surface area is 89.1 Å². The molecule has 15 heavy (non-hydrogen) atoms. The van der Waals surface area contributed by atoms with Crippen LogP contribution in [0.4, 0.5) is 0 Å². The van der Waals surface area contributed by atoms with Crippen molar-refractivity contribution in [2.45, 2.75) is 13.3 Å². The van der Waals surface area contributed by atoms with Crippen molar-refractivity contribution >= 4 is 11.8 Å². The number of nitrogens with two attached hydrogens (primary N) is 1. The van der Waals surface area contributed by atoms with Crippen LogP contribution in [-0.2, 0) is 9.59 Å². The fourth-order valence-electron chi connectivity index (χ4n) is 1.64. The van der Waals surface area contributed by atoms with Crippen molar-refractivity contribution in [3.05, 3.63) is 0 Å². The number of carbonyl (C=O) groups excluding carboxylic acids is 2. The quantitative estimate of drug-likeness (QED) is 0.301. The Morgan fingerprint density at radius 1 is 1.73 bits per heavy atom. The Bertz CT molecular complexity index is 244. The van der Waals surface area contributed by atoms with E-state index >= 15 is 0 Å². The van der Waals surface area contributed by atoms with E-state index in [1.807, 2.05) is 4.90 Å². The summed E-state index contributed by atoms with van der Waals surface area (Å²) in [4.78, 5) is 24.4. The molecular formula is C9H18N4O2. The molecule has 0 spiro atoms. The van der Waals surface area contributed by atoms with Crippen LogP contribution in [0.25, 0.3) is 0 Å². The molecule has 1 saturated heterocycles. The third-order valence-corrected chi connectivity index (χ3v) is 2.46. The monoisotopic (exact) mass is 214 g/mol. The van der Waals surface area contributed by atoms with Crippen molar-refractivity contribution in [3.8, 4) is 0 Å². The lowest BCUT2D eigenvalue weighted by Crippen LogP contribution is -2.42. The van der Waals surface area contributed by atoms with Gasteiger partial charge in [0.2, 0.25) is 11.8 Å². The number of amides is 2. The molecule has 1 heterocycles. The molecule has 0 aromatic heterocycles. The molecule has 1 aliphatic rings. The third kappa shape index (κ3) is 3.85. The van der Waals surface area contributed by atoms with Crippen LogP contribution in [0.5, 0.6) is 0 Å². The SMILES string of the molecule is CC(CN1CCCNC(=O)C1)C(=O)NN. The van der Waals surface area contributed by atoms with E-state index in [9.17, 15) is 9.59 Å². The summed E-state index contributed by atoms with van der Waals surface area (Å²) in [6, 6.07) is 0. The second kappa shape index (κ2) is 5.67. The second-order valence-electron chi connectivity index (χ2n) is 3.85. The van der Waals surface area contributed by atoms with Gasteiger partial charge in [-0.25, -0.2) is 5.84 Å². The fourth-order valence-corrected chi connectivity index (χ4v) is 1.64. The molecule has 0 radical (unpaired) electrons. The van der Waals surface area contributed by atoms with Crippen molar-refractivity contribution in [3.63, 3.8) is 0 Å².